The fourth-order valence-corrected chi connectivity index (χ4v) is 3.19. The Morgan fingerprint density at radius 1 is 1.22 bits per heavy atom. The fraction of sp³-hybridized carbons (Fsp3) is 0.294. The number of hydrogen-bond donors (Lipinski definition) is 1. The second kappa shape index (κ2) is 5.81. The topological polar surface area (TPSA) is 44.8 Å². The van der Waals surface area contributed by atoms with Crippen LogP contribution in [-0.4, -0.2) is 21.7 Å². The zero-order chi connectivity index (χ0) is 15.3. The van der Waals surface area contributed by atoms with Crippen LogP contribution in [0.15, 0.2) is 24.4 Å². The summed E-state index contributed by atoms with van der Waals surface area (Å²) in [5, 5.41) is 9.59. The number of anilines is 1. The van der Waals surface area contributed by atoms with Crippen molar-refractivity contribution >= 4 is 29.1 Å². The largest absolute Gasteiger partial charge is 0.355 e. The van der Waals surface area contributed by atoms with Crippen molar-refractivity contribution in [3.63, 3.8) is 0 Å². The van der Waals surface area contributed by atoms with Gasteiger partial charge in [0.15, 0.2) is 5.82 Å². The van der Waals surface area contributed by atoms with Gasteiger partial charge in [-0.05, 0) is 49.1 Å². The van der Waals surface area contributed by atoms with Gasteiger partial charge in [-0.3, -0.25) is 0 Å². The Balaban J connectivity index is 0.00000156. The Morgan fingerprint density at radius 3 is 2.87 bits per heavy atom. The van der Waals surface area contributed by atoms with Crippen molar-refractivity contribution in [2.45, 2.75) is 26.8 Å². The van der Waals surface area contributed by atoms with Crippen molar-refractivity contribution in [2.24, 2.45) is 0 Å². The summed E-state index contributed by atoms with van der Waals surface area (Å²) in [6.07, 6.45) is 2.70. The van der Waals surface area contributed by atoms with Crippen molar-refractivity contribution < 1.29 is 4.39 Å². The highest BCUT2D eigenvalue weighted by molar-refractivity contribution is 5.92. The Labute approximate surface area is 140 Å². The quantitative estimate of drug-likeness (QED) is 0.739. The number of nitrogens with one attached hydrogen (secondary N) is 1. The maximum absolute atomic E-state index is 13.5. The zero-order valence-electron chi connectivity index (χ0n) is 13.1. The van der Waals surface area contributed by atoms with E-state index in [0.717, 1.165) is 40.9 Å². The van der Waals surface area contributed by atoms with Gasteiger partial charge in [0.05, 0.1) is 11.7 Å². The van der Waals surface area contributed by atoms with E-state index in [1.165, 1.54) is 17.2 Å². The van der Waals surface area contributed by atoms with E-state index >= 15 is 0 Å². The molecule has 0 bridgehead atoms. The molecule has 0 fully saturated rings. The number of benzene rings is 1. The number of aromatic amines is 1. The predicted octanol–water partition coefficient (Wildman–Crippen LogP) is 3.70. The molecule has 3 heterocycles. The molecular weight excluding hydrogens is 315 g/mol. The van der Waals surface area contributed by atoms with E-state index in [0.29, 0.717) is 6.54 Å². The first-order chi connectivity index (χ1) is 10.6. The van der Waals surface area contributed by atoms with Crippen LogP contribution in [0.25, 0.3) is 10.9 Å². The summed E-state index contributed by atoms with van der Waals surface area (Å²) in [4.78, 5) is 5.58. The fourth-order valence-electron chi connectivity index (χ4n) is 3.19. The smallest absolute Gasteiger partial charge is 0.175 e. The van der Waals surface area contributed by atoms with E-state index in [9.17, 15) is 4.39 Å². The first-order valence-corrected chi connectivity index (χ1v) is 7.46. The molecule has 0 saturated heterocycles. The number of rotatable bonds is 1. The molecule has 120 valence electrons. The van der Waals surface area contributed by atoms with E-state index in [1.54, 1.807) is 12.3 Å². The van der Waals surface area contributed by atoms with Crippen LogP contribution in [0.4, 0.5) is 10.2 Å². The maximum Gasteiger partial charge on any atom is 0.175 e. The lowest BCUT2D eigenvalue weighted by Crippen LogP contribution is -2.31. The zero-order valence-corrected chi connectivity index (χ0v) is 13.9. The molecule has 0 spiro atoms. The second-order valence-corrected chi connectivity index (χ2v) is 5.92. The van der Waals surface area contributed by atoms with Crippen molar-refractivity contribution in [2.75, 3.05) is 11.4 Å². The van der Waals surface area contributed by atoms with Gasteiger partial charge in [0.25, 0.3) is 0 Å². The molecular formula is C17H18ClFN4. The molecule has 1 aliphatic heterocycles. The van der Waals surface area contributed by atoms with Gasteiger partial charge >= 0.3 is 0 Å². The third-order valence-corrected chi connectivity index (χ3v) is 4.59. The third-order valence-electron chi connectivity index (χ3n) is 4.59. The highest BCUT2D eigenvalue weighted by Crippen LogP contribution is 2.30. The van der Waals surface area contributed by atoms with Crippen molar-refractivity contribution in [1.82, 2.24) is 15.2 Å². The molecule has 4 nitrogen and oxygen atoms in total. The van der Waals surface area contributed by atoms with Crippen LogP contribution < -0.4 is 4.90 Å². The Kier molecular flexibility index (Phi) is 3.98. The van der Waals surface area contributed by atoms with Crippen molar-refractivity contribution in [1.29, 1.82) is 0 Å². The SMILES string of the molecule is Cc1[nH]c2c(N3CCc4ccc(F)cc4C3)nncc2c1C.Cl. The molecule has 23 heavy (non-hydrogen) atoms. The number of halogens is 2. The first-order valence-electron chi connectivity index (χ1n) is 7.46. The van der Waals surface area contributed by atoms with Crippen LogP contribution in [-0.2, 0) is 13.0 Å². The minimum absolute atomic E-state index is 0. The van der Waals surface area contributed by atoms with Gasteiger partial charge in [0.1, 0.15) is 5.82 Å². The van der Waals surface area contributed by atoms with Crippen LogP contribution in [0, 0.1) is 19.7 Å². The van der Waals surface area contributed by atoms with Crippen molar-refractivity contribution in [3.05, 3.63) is 52.6 Å². The molecule has 1 aromatic carbocycles. The highest BCUT2D eigenvalue weighted by atomic mass is 35.5. The molecule has 1 N–H and O–H groups in total. The molecule has 0 radical (unpaired) electrons. The summed E-state index contributed by atoms with van der Waals surface area (Å²) in [6, 6.07) is 5.05. The van der Waals surface area contributed by atoms with Gasteiger partial charge in [-0.1, -0.05) is 6.07 Å². The van der Waals surface area contributed by atoms with Gasteiger partial charge in [0.2, 0.25) is 0 Å². The third kappa shape index (κ3) is 2.55. The molecule has 0 aliphatic carbocycles. The number of fused-ring (bicyclic) bond motifs is 2. The van der Waals surface area contributed by atoms with E-state index < -0.39 is 0 Å². The average molecular weight is 333 g/mol. The first kappa shape index (κ1) is 15.7. The number of hydrogen-bond acceptors (Lipinski definition) is 3. The van der Waals surface area contributed by atoms with Crippen LogP contribution in [0.1, 0.15) is 22.4 Å². The lowest BCUT2D eigenvalue weighted by atomic mass is 9.99. The molecule has 0 unspecified atom stereocenters. The Hall–Kier alpha value is -2.14. The summed E-state index contributed by atoms with van der Waals surface area (Å²) >= 11 is 0. The summed E-state index contributed by atoms with van der Waals surface area (Å²) in [5.74, 6) is 0.667. The summed E-state index contributed by atoms with van der Waals surface area (Å²) in [6.45, 7) is 5.67. The van der Waals surface area contributed by atoms with Crippen LogP contribution >= 0.6 is 12.4 Å². The molecule has 0 amide bonds. The highest BCUT2D eigenvalue weighted by Gasteiger charge is 2.21. The van der Waals surface area contributed by atoms with Crippen molar-refractivity contribution in [3.8, 4) is 0 Å². The Morgan fingerprint density at radius 2 is 2.04 bits per heavy atom. The van der Waals surface area contributed by atoms with Gasteiger partial charge in [-0.15, -0.1) is 17.5 Å². The van der Waals surface area contributed by atoms with Gasteiger partial charge < -0.3 is 9.88 Å². The van der Waals surface area contributed by atoms with Gasteiger partial charge in [-0.25, -0.2) is 4.39 Å². The van der Waals surface area contributed by atoms with Crippen LogP contribution in [0.3, 0.4) is 0 Å². The van der Waals surface area contributed by atoms with Crippen LogP contribution in [0.2, 0.25) is 0 Å². The second-order valence-electron chi connectivity index (χ2n) is 5.92. The van der Waals surface area contributed by atoms with E-state index in [2.05, 4.69) is 33.9 Å². The van der Waals surface area contributed by atoms with E-state index in [1.807, 2.05) is 6.07 Å². The molecule has 4 rings (SSSR count). The lowest BCUT2D eigenvalue weighted by molar-refractivity contribution is 0.618. The van der Waals surface area contributed by atoms with E-state index in [4.69, 9.17) is 0 Å². The summed E-state index contributed by atoms with van der Waals surface area (Å²) in [7, 11) is 0. The molecule has 1 aliphatic rings. The van der Waals surface area contributed by atoms with Gasteiger partial charge in [0, 0.05) is 24.2 Å². The number of H-pyrrole nitrogens is 1. The van der Waals surface area contributed by atoms with E-state index in [-0.39, 0.29) is 18.2 Å². The number of aromatic nitrogens is 3. The van der Waals surface area contributed by atoms with Gasteiger partial charge in [-0.2, -0.15) is 5.10 Å². The number of nitrogens with zero attached hydrogens (tertiary/aromatic N) is 3. The monoisotopic (exact) mass is 332 g/mol. The minimum atomic E-state index is -0.184. The predicted molar refractivity (Wildman–Crippen MR) is 91.8 cm³/mol. The summed E-state index contributed by atoms with van der Waals surface area (Å²) < 4.78 is 13.5. The molecule has 2 aromatic heterocycles. The lowest BCUT2D eigenvalue weighted by Gasteiger charge is -2.29. The summed E-state index contributed by atoms with van der Waals surface area (Å²) in [5.41, 5.74) is 5.61. The number of aryl methyl sites for hydroxylation is 2. The normalized spacial score (nSPS) is 13.8. The maximum atomic E-state index is 13.5. The molecule has 3 aromatic rings. The van der Waals surface area contributed by atoms with Crippen LogP contribution in [0.5, 0.6) is 0 Å². The molecule has 0 saturated carbocycles. The standard InChI is InChI=1S/C17H17FN4.ClH/c1-10-11(2)20-16-15(10)8-19-21-17(16)22-6-5-12-3-4-14(18)7-13(12)9-22;/h3-4,7-8,20H,5-6,9H2,1-2H3;1H. The molecule has 6 heteroatoms. The minimum Gasteiger partial charge on any atom is -0.355 e. The average Bonchev–Trinajstić information content (AvgIpc) is 2.81. The Bertz CT molecular complexity index is 874. The molecule has 0 atom stereocenters.